The maximum Gasteiger partial charge on any atom is 0.186 e. The van der Waals surface area contributed by atoms with Crippen molar-refractivity contribution in [3.8, 4) is 0 Å². The molecule has 2 heterocycles. The molecule has 0 aromatic carbocycles. The second kappa shape index (κ2) is 5.63. The average Bonchev–Trinajstić information content (AvgIpc) is 2.70. The van der Waals surface area contributed by atoms with Gasteiger partial charge in [0, 0.05) is 12.1 Å². The first-order chi connectivity index (χ1) is 8.08. The van der Waals surface area contributed by atoms with E-state index in [4.69, 9.17) is 0 Å². The van der Waals surface area contributed by atoms with Crippen molar-refractivity contribution in [2.24, 2.45) is 0 Å². The molecule has 0 radical (unpaired) electrons. The van der Waals surface area contributed by atoms with Crippen LogP contribution >= 0.6 is 27.3 Å². The lowest BCUT2D eigenvalue weighted by Gasteiger charge is -2.38. The highest BCUT2D eigenvalue weighted by atomic mass is 79.9. The number of piperidine rings is 1. The van der Waals surface area contributed by atoms with E-state index in [1.807, 2.05) is 12.1 Å². The number of likely N-dealkylation sites (tertiary alicyclic amines) is 1. The molecule has 4 heteroatoms. The highest BCUT2D eigenvalue weighted by Crippen LogP contribution is 2.25. The summed E-state index contributed by atoms with van der Waals surface area (Å²) in [4.78, 5) is 15.4. The number of halogens is 1. The van der Waals surface area contributed by atoms with Crippen LogP contribution < -0.4 is 0 Å². The van der Waals surface area contributed by atoms with Gasteiger partial charge in [0.05, 0.1) is 15.2 Å². The molecule has 1 fully saturated rings. The first-order valence-corrected chi connectivity index (χ1v) is 7.73. The predicted molar refractivity (Wildman–Crippen MR) is 75.8 cm³/mol. The molecule has 1 aromatic heterocycles. The fraction of sp³-hybridized carbons (Fsp3) is 0.615. The van der Waals surface area contributed by atoms with Crippen molar-refractivity contribution in [3.63, 3.8) is 0 Å². The van der Waals surface area contributed by atoms with Crippen molar-refractivity contribution in [2.75, 3.05) is 6.54 Å². The normalized spacial score (nSPS) is 26.1. The molecular formula is C13H18BrNOS. The molecule has 2 rings (SSSR count). The fourth-order valence-corrected chi connectivity index (χ4v) is 3.81. The van der Waals surface area contributed by atoms with Crippen molar-refractivity contribution in [3.05, 3.63) is 20.8 Å². The molecular weight excluding hydrogens is 298 g/mol. The zero-order valence-corrected chi connectivity index (χ0v) is 12.7. The Morgan fingerprint density at radius 3 is 2.59 bits per heavy atom. The Balaban J connectivity index is 2.02. The van der Waals surface area contributed by atoms with Crippen molar-refractivity contribution in [1.29, 1.82) is 0 Å². The summed E-state index contributed by atoms with van der Waals surface area (Å²) < 4.78 is 1.03. The van der Waals surface area contributed by atoms with Crippen LogP contribution in [-0.4, -0.2) is 29.3 Å². The Bertz CT molecular complexity index is 394. The summed E-state index contributed by atoms with van der Waals surface area (Å²) in [5.41, 5.74) is 0. The number of carbonyl (C=O) groups excluding carboxylic acids is 1. The number of ketones is 1. The summed E-state index contributed by atoms with van der Waals surface area (Å²) in [6, 6.07) is 4.93. The van der Waals surface area contributed by atoms with Crippen LogP contribution in [0.1, 0.15) is 42.8 Å². The van der Waals surface area contributed by atoms with E-state index in [0.717, 1.165) is 8.66 Å². The van der Waals surface area contributed by atoms with E-state index in [9.17, 15) is 4.79 Å². The third-order valence-corrected chi connectivity index (χ3v) is 5.22. The van der Waals surface area contributed by atoms with Gasteiger partial charge in [-0.15, -0.1) is 11.3 Å². The molecule has 0 spiro atoms. The molecule has 0 bridgehead atoms. The van der Waals surface area contributed by atoms with Crippen LogP contribution in [0.4, 0.5) is 0 Å². The van der Waals surface area contributed by atoms with Gasteiger partial charge in [-0.1, -0.05) is 6.42 Å². The molecule has 1 aromatic rings. The standard InChI is InChI=1S/C13H18BrNOS/c1-9-4-3-5-10(2)15(9)8-11(16)12-6-7-13(14)17-12/h6-7,9-10H,3-5,8H2,1-2H3/t9-,10+. The van der Waals surface area contributed by atoms with Crippen molar-refractivity contribution >= 4 is 33.0 Å². The third kappa shape index (κ3) is 3.18. The van der Waals surface area contributed by atoms with Crippen LogP contribution in [0, 0.1) is 0 Å². The van der Waals surface area contributed by atoms with E-state index in [0.29, 0.717) is 18.6 Å². The van der Waals surface area contributed by atoms with Gasteiger partial charge in [0.1, 0.15) is 0 Å². The molecule has 17 heavy (non-hydrogen) atoms. The number of hydrogen-bond donors (Lipinski definition) is 0. The number of thiophene rings is 1. The maximum atomic E-state index is 12.2. The number of nitrogens with zero attached hydrogens (tertiary/aromatic N) is 1. The number of rotatable bonds is 3. The second-order valence-electron chi connectivity index (χ2n) is 4.83. The Labute approximate surface area is 115 Å². The van der Waals surface area contributed by atoms with Gasteiger partial charge in [0.25, 0.3) is 0 Å². The van der Waals surface area contributed by atoms with E-state index in [1.54, 1.807) is 0 Å². The van der Waals surface area contributed by atoms with Crippen molar-refractivity contribution < 1.29 is 4.79 Å². The number of hydrogen-bond acceptors (Lipinski definition) is 3. The van der Waals surface area contributed by atoms with Crippen LogP contribution in [0.3, 0.4) is 0 Å². The summed E-state index contributed by atoms with van der Waals surface area (Å²) in [6.07, 6.45) is 3.72. The molecule has 2 nitrogen and oxygen atoms in total. The second-order valence-corrected chi connectivity index (χ2v) is 7.29. The van der Waals surface area contributed by atoms with Gasteiger partial charge in [-0.2, -0.15) is 0 Å². The molecule has 0 amide bonds. The molecule has 0 unspecified atom stereocenters. The van der Waals surface area contributed by atoms with Gasteiger partial charge < -0.3 is 0 Å². The topological polar surface area (TPSA) is 20.3 Å². The first kappa shape index (κ1) is 13.2. The molecule has 1 aliphatic heterocycles. The van der Waals surface area contributed by atoms with Gasteiger partial charge in [-0.3, -0.25) is 9.69 Å². The quantitative estimate of drug-likeness (QED) is 0.787. The lowest BCUT2D eigenvalue weighted by Crippen LogP contribution is -2.46. The number of carbonyl (C=O) groups is 1. The van der Waals surface area contributed by atoms with Gasteiger partial charge in [0.2, 0.25) is 0 Å². The van der Waals surface area contributed by atoms with Gasteiger partial charge >= 0.3 is 0 Å². The Morgan fingerprint density at radius 1 is 1.41 bits per heavy atom. The molecule has 2 atom stereocenters. The zero-order chi connectivity index (χ0) is 12.4. The van der Waals surface area contributed by atoms with E-state index in [-0.39, 0.29) is 5.78 Å². The summed E-state index contributed by atoms with van der Waals surface area (Å²) in [7, 11) is 0. The van der Waals surface area contributed by atoms with Crippen molar-refractivity contribution in [1.82, 2.24) is 4.90 Å². The van der Waals surface area contributed by atoms with E-state index >= 15 is 0 Å². The van der Waals surface area contributed by atoms with Crippen molar-refractivity contribution in [2.45, 2.75) is 45.2 Å². The van der Waals surface area contributed by atoms with Crippen LogP contribution in [0.5, 0.6) is 0 Å². The monoisotopic (exact) mass is 315 g/mol. The summed E-state index contributed by atoms with van der Waals surface area (Å²) >= 11 is 4.93. The Morgan fingerprint density at radius 2 is 2.06 bits per heavy atom. The lowest BCUT2D eigenvalue weighted by atomic mass is 9.97. The van der Waals surface area contributed by atoms with Gasteiger partial charge in [-0.05, 0) is 54.8 Å². The molecule has 1 aliphatic rings. The minimum absolute atomic E-state index is 0.251. The summed E-state index contributed by atoms with van der Waals surface area (Å²) in [5, 5.41) is 0. The summed E-state index contributed by atoms with van der Waals surface area (Å²) in [5.74, 6) is 0.251. The molecule has 94 valence electrons. The Hall–Kier alpha value is -0.190. The van der Waals surface area contributed by atoms with E-state index in [2.05, 4.69) is 34.7 Å². The smallest absolute Gasteiger partial charge is 0.186 e. The van der Waals surface area contributed by atoms with Crippen LogP contribution in [0.2, 0.25) is 0 Å². The summed E-state index contributed by atoms with van der Waals surface area (Å²) in [6.45, 7) is 5.02. The lowest BCUT2D eigenvalue weighted by molar-refractivity contribution is 0.0738. The van der Waals surface area contributed by atoms with Gasteiger partial charge in [-0.25, -0.2) is 0 Å². The molecule has 0 N–H and O–H groups in total. The third-order valence-electron chi connectivity index (χ3n) is 3.55. The minimum atomic E-state index is 0.251. The van der Waals surface area contributed by atoms with E-state index < -0.39 is 0 Å². The number of Topliss-reactive ketones (excluding diaryl/α,β-unsaturated/α-hetero) is 1. The molecule has 0 saturated carbocycles. The van der Waals surface area contributed by atoms with Gasteiger partial charge in [0.15, 0.2) is 5.78 Å². The Kier molecular flexibility index (Phi) is 4.39. The molecule has 1 saturated heterocycles. The SMILES string of the molecule is C[C@@H]1CCC[C@H](C)N1CC(=O)c1ccc(Br)s1. The first-order valence-electron chi connectivity index (χ1n) is 6.12. The van der Waals surface area contributed by atoms with Crippen LogP contribution in [0.15, 0.2) is 15.9 Å². The zero-order valence-electron chi connectivity index (χ0n) is 10.3. The molecule has 0 aliphatic carbocycles. The maximum absolute atomic E-state index is 12.2. The van der Waals surface area contributed by atoms with E-state index in [1.165, 1.54) is 30.6 Å². The highest BCUT2D eigenvalue weighted by molar-refractivity contribution is 9.11. The van der Waals surface area contributed by atoms with Crippen LogP contribution in [0.25, 0.3) is 0 Å². The average molecular weight is 316 g/mol. The largest absolute Gasteiger partial charge is 0.292 e. The highest BCUT2D eigenvalue weighted by Gasteiger charge is 2.26. The fourth-order valence-electron chi connectivity index (χ4n) is 2.49. The predicted octanol–water partition coefficient (Wildman–Crippen LogP) is 3.96. The van der Waals surface area contributed by atoms with Crippen LogP contribution in [-0.2, 0) is 0 Å². The minimum Gasteiger partial charge on any atom is -0.292 e.